The molecule has 8 heteroatoms. The van der Waals surface area contributed by atoms with Gasteiger partial charge in [0.2, 0.25) is 11.9 Å². The van der Waals surface area contributed by atoms with Gasteiger partial charge in [0.05, 0.1) is 29.7 Å². The van der Waals surface area contributed by atoms with Gasteiger partial charge < -0.3 is 14.8 Å². The van der Waals surface area contributed by atoms with E-state index in [-0.39, 0.29) is 11.8 Å². The van der Waals surface area contributed by atoms with Crippen molar-refractivity contribution in [3.8, 4) is 0 Å². The average molecular weight is 379 g/mol. The summed E-state index contributed by atoms with van der Waals surface area (Å²) in [5.41, 5.74) is 3.85. The van der Waals surface area contributed by atoms with Gasteiger partial charge in [-0.05, 0) is 32.4 Å². The standard InChI is InChI=1S/C20H25N7O/c1-13(2)27-12-24-17-10-23-16(9-18(17)27)8-15-4-6-22-20(25-15)26-7-5-14(11-26)19(28)21-3/h4,6,9-10,12-14H,5,7-8,11H2,1-3H3,(H,21,28). The minimum absolute atomic E-state index is 0.00218. The van der Waals surface area contributed by atoms with Crippen LogP contribution in [0.15, 0.2) is 30.9 Å². The van der Waals surface area contributed by atoms with E-state index in [1.165, 1.54) is 0 Å². The fourth-order valence-electron chi connectivity index (χ4n) is 3.66. The van der Waals surface area contributed by atoms with Crippen molar-refractivity contribution < 1.29 is 4.79 Å². The number of carbonyl (C=O) groups is 1. The number of hydrogen-bond donors (Lipinski definition) is 1. The first-order chi connectivity index (χ1) is 13.5. The molecule has 4 heterocycles. The molecule has 1 N–H and O–H groups in total. The fourth-order valence-corrected chi connectivity index (χ4v) is 3.66. The van der Waals surface area contributed by atoms with E-state index in [1.807, 2.05) is 18.6 Å². The van der Waals surface area contributed by atoms with Crippen LogP contribution in [0, 0.1) is 5.92 Å². The lowest BCUT2D eigenvalue weighted by Gasteiger charge is -2.16. The summed E-state index contributed by atoms with van der Waals surface area (Å²) < 4.78 is 2.15. The number of nitrogens with one attached hydrogen (secondary N) is 1. The monoisotopic (exact) mass is 379 g/mol. The van der Waals surface area contributed by atoms with Crippen LogP contribution < -0.4 is 10.2 Å². The minimum atomic E-state index is -0.00218. The Morgan fingerprint density at radius 3 is 2.93 bits per heavy atom. The molecule has 0 aliphatic carbocycles. The third kappa shape index (κ3) is 3.54. The summed E-state index contributed by atoms with van der Waals surface area (Å²) >= 11 is 0. The van der Waals surface area contributed by atoms with Gasteiger partial charge in [0.1, 0.15) is 5.52 Å². The first-order valence-electron chi connectivity index (χ1n) is 9.65. The Morgan fingerprint density at radius 2 is 2.14 bits per heavy atom. The maximum Gasteiger partial charge on any atom is 0.225 e. The second-order valence-electron chi connectivity index (χ2n) is 7.48. The molecule has 28 heavy (non-hydrogen) atoms. The first-order valence-corrected chi connectivity index (χ1v) is 9.65. The van der Waals surface area contributed by atoms with Crippen LogP contribution in [-0.2, 0) is 11.2 Å². The van der Waals surface area contributed by atoms with E-state index in [2.05, 4.69) is 49.6 Å². The number of pyridine rings is 1. The van der Waals surface area contributed by atoms with Crippen LogP contribution in [0.1, 0.15) is 37.7 Å². The quantitative estimate of drug-likeness (QED) is 0.729. The fraction of sp³-hybridized carbons (Fsp3) is 0.450. The normalized spacial score (nSPS) is 16.9. The van der Waals surface area contributed by atoms with Gasteiger partial charge in [-0.2, -0.15) is 0 Å². The number of hydrogen-bond acceptors (Lipinski definition) is 6. The molecule has 1 aliphatic rings. The molecule has 1 amide bonds. The molecule has 1 aliphatic heterocycles. The van der Waals surface area contributed by atoms with Crippen LogP contribution in [0.3, 0.4) is 0 Å². The zero-order chi connectivity index (χ0) is 19.7. The highest BCUT2D eigenvalue weighted by molar-refractivity contribution is 5.79. The van der Waals surface area contributed by atoms with E-state index in [0.29, 0.717) is 25.0 Å². The van der Waals surface area contributed by atoms with Crippen molar-refractivity contribution in [3.05, 3.63) is 42.2 Å². The number of carbonyl (C=O) groups excluding carboxylic acids is 1. The van der Waals surface area contributed by atoms with E-state index in [0.717, 1.165) is 35.4 Å². The van der Waals surface area contributed by atoms with Crippen LogP contribution in [0.5, 0.6) is 0 Å². The van der Waals surface area contributed by atoms with Gasteiger partial charge in [-0.15, -0.1) is 0 Å². The van der Waals surface area contributed by atoms with Crippen LogP contribution >= 0.6 is 0 Å². The number of fused-ring (bicyclic) bond motifs is 1. The second-order valence-corrected chi connectivity index (χ2v) is 7.48. The van der Waals surface area contributed by atoms with Crippen LogP contribution in [-0.4, -0.2) is 50.5 Å². The number of aromatic nitrogens is 5. The van der Waals surface area contributed by atoms with Gasteiger partial charge in [-0.1, -0.05) is 0 Å². The second kappa shape index (κ2) is 7.53. The van der Waals surface area contributed by atoms with Crippen molar-refractivity contribution in [2.75, 3.05) is 25.0 Å². The maximum absolute atomic E-state index is 11.9. The topological polar surface area (TPSA) is 88.8 Å². The van der Waals surface area contributed by atoms with Crippen molar-refractivity contribution in [1.82, 2.24) is 29.8 Å². The Labute approximate surface area is 164 Å². The summed E-state index contributed by atoms with van der Waals surface area (Å²) in [7, 11) is 1.68. The molecule has 1 saturated heterocycles. The predicted octanol–water partition coefficient (Wildman–Crippen LogP) is 1.97. The Bertz CT molecular complexity index is 997. The molecule has 0 aromatic carbocycles. The van der Waals surface area contributed by atoms with Crippen molar-refractivity contribution >= 4 is 22.9 Å². The molecule has 1 unspecified atom stereocenters. The third-order valence-corrected chi connectivity index (χ3v) is 5.23. The highest BCUT2D eigenvalue weighted by Crippen LogP contribution is 2.22. The predicted molar refractivity (Wildman–Crippen MR) is 107 cm³/mol. The van der Waals surface area contributed by atoms with Crippen molar-refractivity contribution in [2.45, 2.75) is 32.7 Å². The van der Waals surface area contributed by atoms with E-state index in [4.69, 9.17) is 4.98 Å². The lowest BCUT2D eigenvalue weighted by molar-refractivity contribution is -0.123. The molecular weight excluding hydrogens is 354 g/mol. The summed E-state index contributed by atoms with van der Waals surface area (Å²) in [6.07, 6.45) is 6.91. The summed E-state index contributed by atoms with van der Waals surface area (Å²) in [5, 5.41) is 2.73. The molecule has 3 aromatic rings. The number of imidazole rings is 1. The van der Waals surface area contributed by atoms with Gasteiger partial charge in [-0.3, -0.25) is 9.78 Å². The van der Waals surface area contributed by atoms with Gasteiger partial charge in [-0.25, -0.2) is 15.0 Å². The lowest BCUT2D eigenvalue weighted by atomic mass is 10.1. The molecule has 1 atom stereocenters. The Kier molecular flexibility index (Phi) is 4.93. The van der Waals surface area contributed by atoms with Crippen molar-refractivity contribution in [2.24, 2.45) is 5.92 Å². The van der Waals surface area contributed by atoms with Crippen LogP contribution in [0.4, 0.5) is 5.95 Å². The summed E-state index contributed by atoms with van der Waals surface area (Å²) in [4.78, 5) is 32.0. The molecule has 3 aromatic heterocycles. The molecule has 1 fully saturated rings. The lowest BCUT2D eigenvalue weighted by Crippen LogP contribution is -2.30. The number of nitrogens with zero attached hydrogens (tertiary/aromatic N) is 6. The number of amides is 1. The van der Waals surface area contributed by atoms with E-state index >= 15 is 0 Å². The van der Waals surface area contributed by atoms with E-state index in [9.17, 15) is 4.79 Å². The third-order valence-electron chi connectivity index (χ3n) is 5.23. The van der Waals surface area contributed by atoms with Gasteiger partial charge >= 0.3 is 0 Å². The molecule has 4 rings (SSSR count). The zero-order valence-corrected chi connectivity index (χ0v) is 16.5. The van der Waals surface area contributed by atoms with E-state index in [1.54, 1.807) is 13.2 Å². The largest absolute Gasteiger partial charge is 0.359 e. The van der Waals surface area contributed by atoms with E-state index < -0.39 is 0 Å². The summed E-state index contributed by atoms with van der Waals surface area (Å²) in [6.45, 7) is 5.72. The Morgan fingerprint density at radius 1 is 1.29 bits per heavy atom. The molecule has 0 radical (unpaired) electrons. The molecule has 146 valence electrons. The molecular formula is C20H25N7O. The Balaban J connectivity index is 1.53. The van der Waals surface area contributed by atoms with Gasteiger partial charge in [0.15, 0.2) is 0 Å². The first kappa shape index (κ1) is 18.3. The highest BCUT2D eigenvalue weighted by atomic mass is 16.1. The smallest absolute Gasteiger partial charge is 0.225 e. The summed E-state index contributed by atoms with van der Waals surface area (Å²) in [6, 6.07) is 4.34. The number of rotatable bonds is 5. The minimum Gasteiger partial charge on any atom is -0.359 e. The maximum atomic E-state index is 11.9. The Hall–Kier alpha value is -3.03. The molecule has 0 bridgehead atoms. The van der Waals surface area contributed by atoms with Gasteiger partial charge in [0.25, 0.3) is 0 Å². The summed E-state index contributed by atoms with van der Waals surface area (Å²) in [5.74, 6) is 0.757. The zero-order valence-electron chi connectivity index (χ0n) is 16.5. The van der Waals surface area contributed by atoms with Gasteiger partial charge in [0, 0.05) is 44.5 Å². The van der Waals surface area contributed by atoms with Crippen molar-refractivity contribution in [1.29, 1.82) is 0 Å². The molecule has 0 saturated carbocycles. The molecule has 0 spiro atoms. The van der Waals surface area contributed by atoms with Crippen molar-refractivity contribution in [3.63, 3.8) is 0 Å². The number of anilines is 1. The molecule has 8 nitrogen and oxygen atoms in total. The van der Waals surface area contributed by atoms with Crippen LogP contribution in [0.25, 0.3) is 11.0 Å². The highest BCUT2D eigenvalue weighted by Gasteiger charge is 2.29. The SMILES string of the molecule is CNC(=O)C1CCN(c2nccc(Cc3cc4c(cn3)ncn4C(C)C)n2)C1. The van der Waals surface area contributed by atoms with Crippen LogP contribution in [0.2, 0.25) is 0 Å². The average Bonchev–Trinajstić information content (AvgIpc) is 3.35.